The summed E-state index contributed by atoms with van der Waals surface area (Å²) in [7, 11) is 0. The molecule has 284 valence electrons. The first-order valence-electron chi connectivity index (χ1n) is 19.7. The number of benzene rings is 5. The van der Waals surface area contributed by atoms with Gasteiger partial charge >= 0.3 is 0 Å². The Balaban J connectivity index is 0.00000110. The first-order valence-corrected chi connectivity index (χ1v) is 21.5. The van der Waals surface area contributed by atoms with Crippen LogP contribution < -0.4 is 0 Å². The highest BCUT2D eigenvalue weighted by Gasteiger charge is 2.24. The number of hydrogen-bond acceptors (Lipinski definition) is 3. The molecule has 3 heterocycles. The number of ether oxygens (including phenoxy) is 1. The van der Waals surface area contributed by atoms with E-state index < -0.39 is 0 Å². The van der Waals surface area contributed by atoms with E-state index in [0.717, 1.165) is 54.8 Å². The fourth-order valence-corrected chi connectivity index (χ4v) is 8.61. The van der Waals surface area contributed by atoms with Gasteiger partial charge in [-0.3, -0.25) is 0 Å². The quantitative estimate of drug-likeness (QED) is 0.127. The Hall–Kier alpha value is -5.62. The third kappa shape index (κ3) is 7.04. The summed E-state index contributed by atoms with van der Waals surface area (Å²) >= 11 is 7.06. The van der Waals surface area contributed by atoms with Gasteiger partial charge in [0.2, 0.25) is 0 Å². The fraction of sp³-hybridized carbons (Fsp3) is 0.154. The SMILES string of the molecule is C=C/C=C\C(=C1/CC2=C(C=CCC2)O1)c1ccc(-n2c3c(c4cc(-c5ccc6c(c5)c5ccccc5n6-c5ccc(C)cc5)ccc42)C=CCC3)cc1.CS.CS. The molecule has 0 N–H and O–H groups in total. The maximum atomic E-state index is 6.40. The number of aromatic nitrogens is 2. The molecule has 0 saturated carbocycles. The molecule has 0 amide bonds. The Morgan fingerprint density at radius 1 is 0.667 bits per heavy atom. The van der Waals surface area contributed by atoms with Gasteiger partial charge in [0.05, 0.1) is 16.6 Å². The van der Waals surface area contributed by atoms with Crippen LogP contribution in [0.1, 0.15) is 48.1 Å². The van der Waals surface area contributed by atoms with E-state index in [1.807, 2.05) is 12.2 Å². The lowest BCUT2D eigenvalue weighted by Gasteiger charge is -2.15. The minimum Gasteiger partial charge on any atom is -0.461 e. The molecule has 1 aliphatic heterocycles. The van der Waals surface area contributed by atoms with Gasteiger partial charge in [-0.1, -0.05) is 103 Å². The van der Waals surface area contributed by atoms with Gasteiger partial charge in [-0.2, -0.15) is 25.3 Å². The summed E-state index contributed by atoms with van der Waals surface area (Å²) in [6, 6.07) is 40.6. The van der Waals surface area contributed by atoms with E-state index in [0.29, 0.717) is 0 Å². The van der Waals surface area contributed by atoms with Crippen LogP contribution in [-0.2, 0) is 11.2 Å². The lowest BCUT2D eigenvalue weighted by Crippen LogP contribution is -2.03. The Morgan fingerprint density at radius 3 is 2.04 bits per heavy atom. The Bertz CT molecular complexity index is 2790. The number of rotatable bonds is 6. The molecule has 0 radical (unpaired) electrons. The van der Waals surface area contributed by atoms with Crippen LogP contribution in [0.25, 0.3) is 66.9 Å². The van der Waals surface area contributed by atoms with Crippen LogP contribution in [0.5, 0.6) is 0 Å². The molecule has 5 aromatic carbocycles. The number of para-hydroxylation sites is 1. The monoisotopic (exact) mass is 780 g/mol. The minimum absolute atomic E-state index is 0.865. The zero-order valence-electron chi connectivity index (χ0n) is 32.9. The van der Waals surface area contributed by atoms with E-state index in [1.165, 1.54) is 77.6 Å². The van der Waals surface area contributed by atoms with Gasteiger partial charge in [0.1, 0.15) is 11.5 Å². The summed E-state index contributed by atoms with van der Waals surface area (Å²) < 4.78 is 11.3. The number of hydrogen-bond donors (Lipinski definition) is 2. The van der Waals surface area contributed by atoms with Crippen LogP contribution in [0.15, 0.2) is 169 Å². The zero-order valence-corrected chi connectivity index (χ0v) is 34.7. The average molecular weight is 781 g/mol. The minimum atomic E-state index is 0.865. The Morgan fingerprint density at radius 2 is 1.30 bits per heavy atom. The number of nitrogens with zero attached hydrogens (tertiary/aromatic N) is 2. The van der Waals surface area contributed by atoms with Crippen molar-refractivity contribution in [3.05, 3.63) is 192 Å². The second-order valence-electron chi connectivity index (χ2n) is 14.5. The summed E-state index contributed by atoms with van der Waals surface area (Å²) in [6.45, 7) is 6.07. The highest BCUT2D eigenvalue weighted by atomic mass is 32.1. The van der Waals surface area contributed by atoms with Crippen molar-refractivity contribution in [1.82, 2.24) is 9.13 Å². The van der Waals surface area contributed by atoms with E-state index >= 15 is 0 Å². The molecule has 0 atom stereocenters. The highest BCUT2D eigenvalue weighted by Crippen LogP contribution is 2.41. The van der Waals surface area contributed by atoms with Crippen molar-refractivity contribution in [3.8, 4) is 22.5 Å². The van der Waals surface area contributed by atoms with E-state index in [-0.39, 0.29) is 0 Å². The van der Waals surface area contributed by atoms with Gasteiger partial charge in [-0.25, -0.2) is 0 Å². The molecule has 2 aliphatic carbocycles. The standard InChI is InChI=1S/C50H40N2O.2CH4S/c1-3-4-12-40(50-32-37-11-5-10-17-49(37)53-50)34-20-26-39(27-21-34)52-46-16-9-7-14-42(46)44-31-36(23-29-48(44)52)35-22-28-47-43(30-35)41-13-6-8-15-45(41)51(47)38-24-18-33(2)19-25-38;2*1-2/h3-4,6-8,10,12-15,17-31H,1,5,9,11,16,32H2,2H3;2*2H,1H3/b12-4-,50-40-;;. The molecule has 0 unspecified atom stereocenters. The molecule has 2 aromatic heterocycles. The van der Waals surface area contributed by atoms with Crippen molar-refractivity contribution in [3.63, 3.8) is 0 Å². The molecule has 0 saturated heterocycles. The molecule has 0 bridgehead atoms. The fourth-order valence-electron chi connectivity index (χ4n) is 8.61. The van der Waals surface area contributed by atoms with Gasteiger partial charge in [-0.15, -0.1) is 0 Å². The Labute approximate surface area is 347 Å². The van der Waals surface area contributed by atoms with E-state index in [4.69, 9.17) is 4.74 Å². The van der Waals surface area contributed by atoms with Crippen LogP contribution in [0.4, 0.5) is 0 Å². The van der Waals surface area contributed by atoms with E-state index in [9.17, 15) is 0 Å². The van der Waals surface area contributed by atoms with Gasteiger partial charge in [0.15, 0.2) is 0 Å². The molecule has 5 heteroatoms. The lowest BCUT2D eigenvalue weighted by atomic mass is 9.97. The Kier molecular flexibility index (Phi) is 11.3. The second kappa shape index (κ2) is 16.9. The van der Waals surface area contributed by atoms with Gasteiger partial charge in [0, 0.05) is 50.8 Å². The smallest absolute Gasteiger partial charge is 0.126 e. The third-order valence-corrected chi connectivity index (χ3v) is 11.2. The van der Waals surface area contributed by atoms with Gasteiger partial charge in [-0.05, 0) is 128 Å². The van der Waals surface area contributed by atoms with Crippen LogP contribution >= 0.6 is 25.3 Å². The van der Waals surface area contributed by atoms with E-state index in [1.54, 1.807) is 12.5 Å². The molecule has 3 aliphatic rings. The highest BCUT2D eigenvalue weighted by molar-refractivity contribution is 7.79. The van der Waals surface area contributed by atoms with Crippen molar-refractivity contribution in [2.24, 2.45) is 0 Å². The predicted molar refractivity (Wildman–Crippen MR) is 252 cm³/mol. The number of thiol groups is 2. The zero-order chi connectivity index (χ0) is 39.5. The molecular formula is C52H48N2OS2. The lowest BCUT2D eigenvalue weighted by molar-refractivity contribution is 0.339. The van der Waals surface area contributed by atoms with Crippen LogP contribution in [0.2, 0.25) is 0 Å². The molecule has 0 spiro atoms. The summed E-state index contributed by atoms with van der Waals surface area (Å²) in [4.78, 5) is 0. The first-order chi connectivity index (χ1) is 28.1. The van der Waals surface area contributed by atoms with E-state index in [2.05, 4.69) is 187 Å². The normalized spacial score (nSPS) is 15.2. The van der Waals surface area contributed by atoms with Crippen molar-refractivity contribution >= 4 is 69.6 Å². The predicted octanol–water partition coefficient (Wildman–Crippen LogP) is 14.2. The third-order valence-electron chi connectivity index (χ3n) is 11.2. The second-order valence-corrected chi connectivity index (χ2v) is 14.5. The van der Waals surface area contributed by atoms with Gasteiger partial charge < -0.3 is 13.9 Å². The maximum Gasteiger partial charge on any atom is 0.126 e. The average Bonchev–Trinajstić information content (AvgIpc) is 3.96. The summed E-state index contributed by atoms with van der Waals surface area (Å²) in [5.41, 5.74) is 16.1. The molecule has 3 nitrogen and oxygen atoms in total. The number of aryl methyl sites for hydroxylation is 1. The molecule has 57 heavy (non-hydrogen) atoms. The molecular weight excluding hydrogens is 733 g/mol. The molecule has 10 rings (SSSR count). The summed E-state index contributed by atoms with van der Waals surface area (Å²) in [6.07, 6.45) is 23.4. The largest absolute Gasteiger partial charge is 0.461 e. The van der Waals surface area contributed by atoms with Crippen molar-refractivity contribution in [2.45, 2.75) is 39.0 Å². The number of allylic oxidation sites excluding steroid dienone is 8. The van der Waals surface area contributed by atoms with Crippen molar-refractivity contribution < 1.29 is 4.74 Å². The van der Waals surface area contributed by atoms with Gasteiger partial charge in [0.25, 0.3) is 0 Å². The van der Waals surface area contributed by atoms with Crippen LogP contribution in [-0.4, -0.2) is 21.6 Å². The summed E-state index contributed by atoms with van der Waals surface area (Å²) in [5, 5.41) is 3.83. The summed E-state index contributed by atoms with van der Waals surface area (Å²) in [5.74, 6) is 2.05. The molecule has 0 fully saturated rings. The first kappa shape index (κ1) is 38.3. The van der Waals surface area contributed by atoms with Crippen molar-refractivity contribution in [2.75, 3.05) is 12.5 Å². The van der Waals surface area contributed by atoms with Crippen LogP contribution in [0.3, 0.4) is 0 Å². The maximum absolute atomic E-state index is 6.40. The number of fused-ring (bicyclic) bond motifs is 6. The molecule has 7 aromatic rings. The van der Waals surface area contributed by atoms with Crippen molar-refractivity contribution in [1.29, 1.82) is 0 Å². The van der Waals surface area contributed by atoms with Crippen LogP contribution in [0, 0.1) is 6.92 Å². The topological polar surface area (TPSA) is 19.1 Å².